The van der Waals surface area contributed by atoms with Gasteiger partial charge < -0.3 is 9.52 Å². The minimum Gasteiger partial charge on any atom is -0.468 e. The van der Waals surface area contributed by atoms with Crippen LogP contribution in [0.1, 0.15) is 16.1 Å². The van der Waals surface area contributed by atoms with Crippen LogP contribution in [0.4, 0.5) is 0 Å². The standard InChI is InChI=1S/C8H12N2O3S/c9-10-8(12)6-3-7(13-4-6)5-14-2-1-11/h3-4,11H,1-2,5,9H2,(H,10,12). The molecule has 6 heteroatoms. The number of amides is 1. The molecule has 1 rings (SSSR count). The molecule has 0 aliphatic heterocycles. The average Bonchev–Trinajstić information content (AvgIpc) is 2.66. The van der Waals surface area contributed by atoms with Gasteiger partial charge in [0.2, 0.25) is 0 Å². The number of carbonyl (C=O) groups excluding carboxylic acids is 1. The summed E-state index contributed by atoms with van der Waals surface area (Å²) in [4.78, 5) is 11.0. The molecular formula is C8H12N2O3S. The lowest BCUT2D eigenvalue weighted by molar-refractivity contribution is 0.0953. The molecule has 78 valence electrons. The van der Waals surface area contributed by atoms with Gasteiger partial charge in [-0.05, 0) is 6.07 Å². The lowest BCUT2D eigenvalue weighted by Gasteiger charge is -1.94. The highest BCUT2D eigenvalue weighted by molar-refractivity contribution is 7.98. The zero-order valence-corrected chi connectivity index (χ0v) is 8.34. The van der Waals surface area contributed by atoms with Crippen LogP contribution in [0.5, 0.6) is 0 Å². The Morgan fingerprint density at radius 1 is 1.71 bits per heavy atom. The van der Waals surface area contributed by atoms with Gasteiger partial charge in [0.15, 0.2) is 0 Å². The number of nitrogens with two attached hydrogens (primary N) is 1. The van der Waals surface area contributed by atoms with Crippen molar-refractivity contribution >= 4 is 17.7 Å². The van der Waals surface area contributed by atoms with Crippen LogP contribution >= 0.6 is 11.8 Å². The van der Waals surface area contributed by atoms with Gasteiger partial charge in [0, 0.05) is 5.75 Å². The van der Waals surface area contributed by atoms with Crippen molar-refractivity contribution in [3.8, 4) is 0 Å². The summed E-state index contributed by atoms with van der Waals surface area (Å²) in [5, 5.41) is 8.54. The molecule has 1 aromatic heterocycles. The molecule has 1 heterocycles. The smallest absolute Gasteiger partial charge is 0.268 e. The van der Waals surface area contributed by atoms with E-state index in [-0.39, 0.29) is 12.5 Å². The van der Waals surface area contributed by atoms with Crippen LogP contribution in [0.2, 0.25) is 0 Å². The van der Waals surface area contributed by atoms with Crippen molar-refractivity contribution in [2.24, 2.45) is 5.84 Å². The van der Waals surface area contributed by atoms with E-state index in [0.717, 1.165) is 0 Å². The third-order valence-corrected chi connectivity index (χ3v) is 2.49. The molecular weight excluding hydrogens is 204 g/mol. The Balaban J connectivity index is 2.46. The SMILES string of the molecule is NNC(=O)c1coc(CSCCO)c1. The van der Waals surface area contributed by atoms with Gasteiger partial charge in [0.1, 0.15) is 12.0 Å². The monoisotopic (exact) mass is 216 g/mol. The van der Waals surface area contributed by atoms with Crippen molar-refractivity contribution < 1.29 is 14.3 Å². The molecule has 0 unspecified atom stereocenters. The van der Waals surface area contributed by atoms with Crippen LogP contribution in [-0.4, -0.2) is 23.4 Å². The minimum atomic E-state index is -0.368. The van der Waals surface area contributed by atoms with E-state index in [2.05, 4.69) is 0 Å². The molecule has 5 nitrogen and oxygen atoms in total. The van der Waals surface area contributed by atoms with E-state index in [1.165, 1.54) is 18.0 Å². The first kappa shape index (κ1) is 11.1. The van der Waals surface area contributed by atoms with E-state index in [0.29, 0.717) is 22.8 Å². The first-order chi connectivity index (χ1) is 6.77. The molecule has 0 aliphatic rings. The molecule has 1 aromatic rings. The van der Waals surface area contributed by atoms with Crippen molar-refractivity contribution in [1.29, 1.82) is 0 Å². The summed E-state index contributed by atoms with van der Waals surface area (Å²) in [7, 11) is 0. The maximum Gasteiger partial charge on any atom is 0.268 e. The molecule has 0 saturated carbocycles. The highest BCUT2D eigenvalue weighted by atomic mass is 32.2. The van der Waals surface area contributed by atoms with Crippen molar-refractivity contribution in [2.45, 2.75) is 5.75 Å². The van der Waals surface area contributed by atoms with Crippen LogP contribution < -0.4 is 11.3 Å². The summed E-state index contributed by atoms with van der Waals surface area (Å²) in [6, 6.07) is 1.63. The Morgan fingerprint density at radius 3 is 3.14 bits per heavy atom. The van der Waals surface area contributed by atoms with E-state index in [4.69, 9.17) is 15.4 Å². The number of aliphatic hydroxyl groups excluding tert-OH is 1. The Morgan fingerprint density at radius 2 is 2.50 bits per heavy atom. The van der Waals surface area contributed by atoms with Gasteiger partial charge in [-0.2, -0.15) is 11.8 Å². The average molecular weight is 216 g/mol. The van der Waals surface area contributed by atoms with E-state index < -0.39 is 0 Å². The third-order valence-electron chi connectivity index (χ3n) is 1.53. The highest BCUT2D eigenvalue weighted by Gasteiger charge is 2.08. The van der Waals surface area contributed by atoms with Crippen molar-refractivity contribution in [1.82, 2.24) is 5.43 Å². The van der Waals surface area contributed by atoms with Crippen molar-refractivity contribution in [3.05, 3.63) is 23.7 Å². The first-order valence-corrected chi connectivity index (χ1v) is 5.20. The van der Waals surface area contributed by atoms with E-state index in [1.807, 2.05) is 5.43 Å². The number of furan rings is 1. The second kappa shape index (κ2) is 5.69. The van der Waals surface area contributed by atoms with Gasteiger partial charge in [-0.25, -0.2) is 5.84 Å². The quantitative estimate of drug-likeness (QED) is 0.281. The highest BCUT2D eigenvalue weighted by Crippen LogP contribution is 2.14. The second-order valence-corrected chi connectivity index (χ2v) is 3.66. The molecule has 0 spiro atoms. The fourth-order valence-electron chi connectivity index (χ4n) is 0.896. The van der Waals surface area contributed by atoms with E-state index in [9.17, 15) is 4.79 Å². The molecule has 0 saturated heterocycles. The number of hydrogen-bond donors (Lipinski definition) is 3. The van der Waals surface area contributed by atoms with Gasteiger partial charge in [-0.1, -0.05) is 0 Å². The predicted molar refractivity (Wildman–Crippen MR) is 53.6 cm³/mol. The number of carbonyl (C=O) groups is 1. The Kier molecular flexibility index (Phi) is 4.51. The van der Waals surface area contributed by atoms with Crippen molar-refractivity contribution in [2.75, 3.05) is 12.4 Å². The fraction of sp³-hybridized carbons (Fsp3) is 0.375. The van der Waals surface area contributed by atoms with Crippen LogP contribution in [0.15, 0.2) is 16.7 Å². The zero-order chi connectivity index (χ0) is 10.4. The Hall–Kier alpha value is -0.980. The first-order valence-electron chi connectivity index (χ1n) is 4.05. The zero-order valence-electron chi connectivity index (χ0n) is 7.53. The largest absolute Gasteiger partial charge is 0.468 e. The molecule has 0 bridgehead atoms. The second-order valence-electron chi connectivity index (χ2n) is 2.55. The van der Waals surface area contributed by atoms with Gasteiger partial charge in [-0.3, -0.25) is 10.2 Å². The summed E-state index contributed by atoms with van der Waals surface area (Å²) >= 11 is 1.53. The maximum atomic E-state index is 11.0. The van der Waals surface area contributed by atoms with Crippen LogP contribution in [0, 0.1) is 0 Å². The van der Waals surface area contributed by atoms with Crippen LogP contribution in [0.25, 0.3) is 0 Å². The predicted octanol–water partition coefficient (Wildman–Crippen LogP) is 0.109. The number of nitrogen functional groups attached to an aromatic ring is 1. The molecule has 1 amide bonds. The van der Waals surface area contributed by atoms with Crippen molar-refractivity contribution in [3.63, 3.8) is 0 Å². The maximum absolute atomic E-state index is 11.0. The third kappa shape index (κ3) is 3.06. The van der Waals surface area contributed by atoms with E-state index >= 15 is 0 Å². The number of aliphatic hydroxyl groups is 1. The molecule has 0 aromatic carbocycles. The minimum absolute atomic E-state index is 0.140. The van der Waals surface area contributed by atoms with E-state index in [1.54, 1.807) is 6.07 Å². The summed E-state index contributed by atoms with van der Waals surface area (Å²) in [5.41, 5.74) is 2.43. The summed E-state index contributed by atoms with van der Waals surface area (Å²) in [6.45, 7) is 0.140. The van der Waals surface area contributed by atoms with Gasteiger partial charge in [0.25, 0.3) is 5.91 Å². The van der Waals surface area contributed by atoms with Crippen LogP contribution in [-0.2, 0) is 5.75 Å². The number of hydrogen-bond acceptors (Lipinski definition) is 5. The summed E-state index contributed by atoms with van der Waals surface area (Å²) in [5.74, 6) is 6.57. The molecule has 0 fully saturated rings. The fourth-order valence-corrected chi connectivity index (χ4v) is 1.52. The summed E-state index contributed by atoms with van der Waals surface area (Å²) in [6.07, 6.45) is 1.36. The number of rotatable bonds is 5. The Labute approximate surface area is 85.6 Å². The lowest BCUT2D eigenvalue weighted by Crippen LogP contribution is -2.29. The topological polar surface area (TPSA) is 88.5 Å². The molecule has 4 N–H and O–H groups in total. The van der Waals surface area contributed by atoms with Gasteiger partial charge in [0.05, 0.1) is 17.9 Å². The number of hydrazine groups is 1. The molecule has 14 heavy (non-hydrogen) atoms. The number of nitrogens with one attached hydrogen (secondary N) is 1. The molecule has 0 atom stereocenters. The normalized spacial score (nSPS) is 10.1. The lowest BCUT2D eigenvalue weighted by atomic mass is 10.3. The molecule has 0 aliphatic carbocycles. The van der Waals surface area contributed by atoms with Gasteiger partial charge >= 0.3 is 0 Å². The van der Waals surface area contributed by atoms with Gasteiger partial charge in [-0.15, -0.1) is 0 Å². The van der Waals surface area contributed by atoms with Crippen LogP contribution in [0.3, 0.4) is 0 Å². The number of thioether (sulfide) groups is 1. The molecule has 0 radical (unpaired) electrons. The summed E-state index contributed by atoms with van der Waals surface area (Å²) < 4.78 is 5.12. The Bertz CT molecular complexity index is 301.